The van der Waals surface area contributed by atoms with Gasteiger partial charge in [-0.2, -0.15) is 0 Å². The number of carbonyl (C=O) groups excluding carboxylic acids is 1. The zero-order chi connectivity index (χ0) is 11.0. The first-order valence-electron chi connectivity index (χ1n) is 4.29. The van der Waals surface area contributed by atoms with Crippen LogP contribution in [0.1, 0.15) is 6.92 Å². The van der Waals surface area contributed by atoms with Crippen LogP contribution in [0.3, 0.4) is 0 Å². The molecule has 0 radical (unpaired) electrons. The molecule has 0 aromatic carbocycles. The van der Waals surface area contributed by atoms with Gasteiger partial charge in [-0.3, -0.25) is 0 Å². The van der Waals surface area contributed by atoms with Crippen LogP contribution in [0.25, 0.3) is 0 Å². The van der Waals surface area contributed by atoms with Crippen molar-refractivity contribution in [2.45, 2.75) is 6.92 Å². The number of nitrogens with zero attached hydrogens (tertiary/aromatic N) is 1. The molecule has 0 aromatic heterocycles. The number of rotatable bonds is 6. The van der Waals surface area contributed by atoms with Gasteiger partial charge in [0.15, 0.2) is 0 Å². The van der Waals surface area contributed by atoms with Gasteiger partial charge < -0.3 is 27.3 Å². The van der Waals surface area contributed by atoms with Crippen molar-refractivity contribution in [1.82, 2.24) is 10.6 Å². The summed E-state index contributed by atoms with van der Waals surface area (Å²) in [5, 5.41) is 16.7. The predicted molar refractivity (Wildman–Crippen MR) is 53.0 cm³/mol. The predicted octanol–water partition coefficient (Wildman–Crippen LogP) is -1.37. The summed E-state index contributed by atoms with van der Waals surface area (Å²) in [5.74, 6) is 0.133. The summed E-state index contributed by atoms with van der Waals surface area (Å²) in [5.41, 5.74) is 10.2. The Bertz CT molecular complexity index is 206. The number of nitrogens with one attached hydrogen (secondary N) is 2. The van der Waals surface area contributed by atoms with Crippen LogP contribution in [0.5, 0.6) is 0 Å². The molecule has 82 valence electrons. The van der Waals surface area contributed by atoms with Crippen LogP contribution in [0.4, 0.5) is 4.79 Å². The summed E-state index contributed by atoms with van der Waals surface area (Å²) < 4.78 is 0. The summed E-state index contributed by atoms with van der Waals surface area (Å²) in [6, 6.07) is -0.545. The van der Waals surface area contributed by atoms with E-state index < -0.39 is 6.03 Å². The zero-order valence-electron chi connectivity index (χ0n) is 8.16. The van der Waals surface area contributed by atoms with Crippen LogP contribution in [-0.4, -0.2) is 36.7 Å². The molecule has 14 heavy (non-hydrogen) atoms. The minimum absolute atomic E-state index is 0.0476. The first-order chi connectivity index (χ1) is 6.57. The molecule has 0 saturated carbocycles. The van der Waals surface area contributed by atoms with E-state index in [1.165, 1.54) is 0 Å². The lowest BCUT2D eigenvalue weighted by Gasteiger charge is -2.10. The van der Waals surface area contributed by atoms with E-state index in [1.807, 2.05) is 6.92 Å². The zero-order valence-corrected chi connectivity index (χ0v) is 8.16. The molecule has 1 unspecified atom stereocenters. The minimum atomic E-state index is -0.545. The molecule has 0 spiro atoms. The van der Waals surface area contributed by atoms with E-state index in [4.69, 9.17) is 16.7 Å². The third-order valence-electron chi connectivity index (χ3n) is 1.67. The summed E-state index contributed by atoms with van der Waals surface area (Å²) in [7, 11) is 0. The van der Waals surface area contributed by atoms with Gasteiger partial charge in [0.05, 0.1) is 0 Å². The average Bonchev–Trinajstić information content (AvgIpc) is 2.15. The van der Waals surface area contributed by atoms with E-state index in [-0.39, 0.29) is 11.8 Å². The number of amidine groups is 1. The SMILES string of the molecule is CC(CNCCNC(N)=O)C(N)=NO. The van der Waals surface area contributed by atoms with Crippen LogP contribution in [0, 0.1) is 5.92 Å². The van der Waals surface area contributed by atoms with E-state index >= 15 is 0 Å². The summed E-state index contributed by atoms with van der Waals surface area (Å²) in [4.78, 5) is 10.3. The Morgan fingerprint density at radius 1 is 1.50 bits per heavy atom. The fourth-order valence-corrected chi connectivity index (χ4v) is 0.796. The van der Waals surface area contributed by atoms with Crippen LogP contribution in [-0.2, 0) is 0 Å². The molecular formula is C7H17N5O2. The van der Waals surface area contributed by atoms with E-state index in [9.17, 15) is 4.79 Å². The molecule has 0 aliphatic heterocycles. The van der Waals surface area contributed by atoms with Crippen LogP contribution < -0.4 is 22.1 Å². The first-order valence-corrected chi connectivity index (χ1v) is 4.29. The maximum atomic E-state index is 10.3. The van der Waals surface area contributed by atoms with Crippen molar-refractivity contribution >= 4 is 11.9 Å². The van der Waals surface area contributed by atoms with Crippen LogP contribution >= 0.6 is 0 Å². The van der Waals surface area contributed by atoms with Gasteiger partial charge in [0.2, 0.25) is 0 Å². The maximum absolute atomic E-state index is 10.3. The van der Waals surface area contributed by atoms with Crippen LogP contribution in [0.15, 0.2) is 5.16 Å². The van der Waals surface area contributed by atoms with Gasteiger partial charge in [0, 0.05) is 25.6 Å². The molecule has 0 rings (SSSR count). The van der Waals surface area contributed by atoms with Crippen molar-refractivity contribution in [2.75, 3.05) is 19.6 Å². The van der Waals surface area contributed by atoms with E-state index in [1.54, 1.807) is 0 Å². The molecular weight excluding hydrogens is 186 g/mol. The van der Waals surface area contributed by atoms with E-state index in [2.05, 4.69) is 15.8 Å². The molecule has 0 heterocycles. The number of carbonyl (C=O) groups is 1. The minimum Gasteiger partial charge on any atom is -0.409 e. The van der Waals surface area contributed by atoms with Crippen molar-refractivity contribution in [3.05, 3.63) is 0 Å². The maximum Gasteiger partial charge on any atom is 0.312 e. The smallest absolute Gasteiger partial charge is 0.312 e. The van der Waals surface area contributed by atoms with E-state index in [0.717, 1.165) is 0 Å². The monoisotopic (exact) mass is 203 g/mol. The normalized spacial score (nSPS) is 13.6. The summed E-state index contributed by atoms with van der Waals surface area (Å²) in [6.07, 6.45) is 0. The van der Waals surface area contributed by atoms with Gasteiger partial charge in [-0.15, -0.1) is 0 Å². The molecule has 0 bridgehead atoms. The number of primary amides is 1. The second-order valence-corrected chi connectivity index (χ2v) is 2.92. The van der Waals surface area contributed by atoms with Crippen LogP contribution in [0.2, 0.25) is 0 Å². The lowest BCUT2D eigenvalue weighted by atomic mass is 10.1. The fourth-order valence-electron chi connectivity index (χ4n) is 0.796. The Labute approximate surface area is 82.5 Å². The molecule has 2 amide bonds. The molecule has 0 aromatic rings. The van der Waals surface area contributed by atoms with Gasteiger partial charge in [-0.05, 0) is 0 Å². The quantitative estimate of drug-likeness (QED) is 0.120. The lowest BCUT2D eigenvalue weighted by molar-refractivity contribution is 0.249. The Morgan fingerprint density at radius 2 is 2.14 bits per heavy atom. The second kappa shape index (κ2) is 6.96. The number of oxime groups is 1. The first kappa shape index (κ1) is 12.5. The number of urea groups is 1. The summed E-state index contributed by atoms with van der Waals surface area (Å²) in [6.45, 7) is 3.45. The summed E-state index contributed by atoms with van der Waals surface area (Å²) >= 11 is 0. The second-order valence-electron chi connectivity index (χ2n) is 2.92. The third-order valence-corrected chi connectivity index (χ3v) is 1.67. The molecule has 7 N–H and O–H groups in total. The Morgan fingerprint density at radius 3 is 2.64 bits per heavy atom. The molecule has 7 nitrogen and oxygen atoms in total. The highest BCUT2D eigenvalue weighted by molar-refractivity contribution is 5.82. The highest BCUT2D eigenvalue weighted by Crippen LogP contribution is 1.90. The van der Waals surface area contributed by atoms with E-state index in [0.29, 0.717) is 19.6 Å². The highest BCUT2D eigenvalue weighted by atomic mass is 16.4. The number of hydrogen-bond acceptors (Lipinski definition) is 4. The molecule has 7 heteroatoms. The van der Waals surface area contributed by atoms with Crippen molar-refractivity contribution in [2.24, 2.45) is 22.5 Å². The van der Waals surface area contributed by atoms with Gasteiger partial charge in [-0.25, -0.2) is 4.79 Å². The largest absolute Gasteiger partial charge is 0.409 e. The molecule has 0 aliphatic carbocycles. The van der Waals surface area contributed by atoms with Gasteiger partial charge in [0.25, 0.3) is 0 Å². The fraction of sp³-hybridized carbons (Fsp3) is 0.714. The Balaban J connectivity index is 3.41. The highest BCUT2D eigenvalue weighted by Gasteiger charge is 2.05. The molecule has 0 fully saturated rings. The van der Waals surface area contributed by atoms with Gasteiger partial charge >= 0.3 is 6.03 Å². The Kier molecular flexibility index (Phi) is 6.21. The van der Waals surface area contributed by atoms with Crippen molar-refractivity contribution in [3.63, 3.8) is 0 Å². The number of nitrogens with two attached hydrogens (primary N) is 2. The Hall–Kier alpha value is -1.50. The topological polar surface area (TPSA) is 126 Å². The number of amides is 2. The molecule has 1 atom stereocenters. The standard InChI is InChI=1S/C7H17N5O2/c1-5(6(8)12-14)4-10-2-3-11-7(9)13/h5,10,14H,2-4H2,1H3,(H2,8,12)(H3,9,11,13). The average molecular weight is 203 g/mol. The molecule has 0 saturated heterocycles. The molecule has 0 aliphatic rings. The van der Waals surface area contributed by atoms with Crippen molar-refractivity contribution in [3.8, 4) is 0 Å². The third kappa shape index (κ3) is 6.06. The van der Waals surface area contributed by atoms with Gasteiger partial charge in [-0.1, -0.05) is 12.1 Å². The lowest BCUT2D eigenvalue weighted by Crippen LogP contribution is -2.38. The van der Waals surface area contributed by atoms with Crippen molar-refractivity contribution in [1.29, 1.82) is 0 Å². The van der Waals surface area contributed by atoms with Gasteiger partial charge in [0.1, 0.15) is 5.84 Å². The van der Waals surface area contributed by atoms with Crippen molar-refractivity contribution < 1.29 is 10.0 Å². The number of hydrogen-bond donors (Lipinski definition) is 5.